The molecule has 0 saturated carbocycles. The third kappa shape index (κ3) is 8.01. The molecule has 1 aromatic rings. The van der Waals surface area contributed by atoms with E-state index >= 15 is 0 Å². The van der Waals surface area contributed by atoms with Crippen LogP contribution in [0, 0.1) is 5.41 Å². The normalized spacial score (nSPS) is 14.3. The molecular formula is C15H24F3N5O2. The van der Waals surface area contributed by atoms with Gasteiger partial charge < -0.3 is 15.4 Å². The predicted molar refractivity (Wildman–Crippen MR) is 88.2 cm³/mol. The molecule has 10 heteroatoms. The Kier molecular flexibility index (Phi) is 6.97. The van der Waals surface area contributed by atoms with Gasteiger partial charge in [-0.05, 0) is 12.3 Å². The maximum Gasteiger partial charge on any atom is 0.432 e. The SMILES string of the molecule is COCC(C)N/C(=N/C(=O)CC(C)(C)C)Nc1cc(C(F)(F)F)[nH]n1. The van der Waals surface area contributed by atoms with Crippen LogP contribution in [0.2, 0.25) is 0 Å². The van der Waals surface area contributed by atoms with Crippen LogP contribution in [0.25, 0.3) is 0 Å². The minimum absolute atomic E-state index is 0.0130. The number of hydrogen-bond acceptors (Lipinski definition) is 3. The topological polar surface area (TPSA) is 91.4 Å². The summed E-state index contributed by atoms with van der Waals surface area (Å²) >= 11 is 0. The quantitative estimate of drug-likeness (QED) is 0.553. The molecule has 0 spiro atoms. The Morgan fingerprint density at radius 3 is 2.52 bits per heavy atom. The number of carbonyl (C=O) groups excluding carboxylic acids is 1. The fraction of sp³-hybridized carbons (Fsp3) is 0.667. The van der Waals surface area contributed by atoms with Gasteiger partial charge in [0.1, 0.15) is 5.69 Å². The van der Waals surface area contributed by atoms with E-state index in [0.717, 1.165) is 6.07 Å². The van der Waals surface area contributed by atoms with E-state index in [1.807, 2.05) is 25.9 Å². The molecule has 0 bridgehead atoms. The summed E-state index contributed by atoms with van der Waals surface area (Å²) in [6, 6.07) is 0.576. The number of rotatable bonds is 5. The van der Waals surface area contributed by atoms with Crippen LogP contribution < -0.4 is 10.6 Å². The number of amides is 1. The first kappa shape index (κ1) is 20.9. The van der Waals surface area contributed by atoms with E-state index in [2.05, 4.69) is 20.7 Å². The van der Waals surface area contributed by atoms with Crippen molar-refractivity contribution in [1.82, 2.24) is 15.5 Å². The van der Waals surface area contributed by atoms with Crippen molar-refractivity contribution in [2.45, 2.75) is 46.3 Å². The number of alkyl halides is 3. The lowest BCUT2D eigenvalue weighted by molar-refractivity contribution is -0.141. The zero-order valence-electron chi connectivity index (χ0n) is 14.9. The maximum atomic E-state index is 12.6. The molecule has 0 aliphatic carbocycles. The van der Waals surface area contributed by atoms with Gasteiger partial charge in [-0.1, -0.05) is 20.8 Å². The molecule has 1 aromatic heterocycles. The van der Waals surface area contributed by atoms with Gasteiger partial charge in [-0.15, -0.1) is 0 Å². The molecular weight excluding hydrogens is 339 g/mol. The van der Waals surface area contributed by atoms with Crippen LogP contribution in [-0.2, 0) is 15.7 Å². The Morgan fingerprint density at radius 1 is 1.40 bits per heavy atom. The number of methoxy groups -OCH3 is 1. The Labute approximate surface area is 144 Å². The highest BCUT2D eigenvalue weighted by atomic mass is 19.4. The molecule has 7 nitrogen and oxygen atoms in total. The largest absolute Gasteiger partial charge is 0.432 e. The van der Waals surface area contributed by atoms with Gasteiger partial charge in [-0.2, -0.15) is 23.3 Å². The second-order valence-electron chi connectivity index (χ2n) is 6.88. The highest BCUT2D eigenvalue weighted by Gasteiger charge is 2.33. The van der Waals surface area contributed by atoms with Crippen molar-refractivity contribution in [1.29, 1.82) is 0 Å². The zero-order chi connectivity index (χ0) is 19.3. The van der Waals surface area contributed by atoms with Gasteiger partial charge in [0.25, 0.3) is 0 Å². The minimum atomic E-state index is -4.54. The first-order chi connectivity index (χ1) is 11.4. The van der Waals surface area contributed by atoms with E-state index in [1.54, 1.807) is 6.92 Å². The number of nitrogens with zero attached hydrogens (tertiary/aromatic N) is 2. The molecule has 1 amide bonds. The Bertz CT molecular complexity index is 605. The monoisotopic (exact) mass is 363 g/mol. The van der Waals surface area contributed by atoms with Crippen LogP contribution in [-0.4, -0.2) is 41.8 Å². The van der Waals surface area contributed by atoms with Crippen molar-refractivity contribution in [3.63, 3.8) is 0 Å². The summed E-state index contributed by atoms with van der Waals surface area (Å²) in [6.45, 7) is 7.76. The van der Waals surface area contributed by atoms with Crippen molar-refractivity contribution in [2.75, 3.05) is 19.0 Å². The summed E-state index contributed by atoms with van der Waals surface area (Å²) in [5, 5.41) is 10.9. The minimum Gasteiger partial charge on any atom is -0.383 e. The van der Waals surface area contributed by atoms with Gasteiger partial charge in [-0.3, -0.25) is 9.89 Å². The number of H-pyrrole nitrogens is 1. The number of carbonyl (C=O) groups is 1. The van der Waals surface area contributed by atoms with Crippen LogP contribution in [0.4, 0.5) is 19.0 Å². The van der Waals surface area contributed by atoms with Crippen LogP contribution in [0.5, 0.6) is 0 Å². The Morgan fingerprint density at radius 2 is 2.04 bits per heavy atom. The lowest BCUT2D eigenvalue weighted by Crippen LogP contribution is -2.40. The molecule has 0 aliphatic rings. The molecule has 0 saturated heterocycles. The van der Waals surface area contributed by atoms with Crippen molar-refractivity contribution in [3.05, 3.63) is 11.8 Å². The van der Waals surface area contributed by atoms with Gasteiger partial charge in [0.15, 0.2) is 5.82 Å². The van der Waals surface area contributed by atoms with E-state index in [9.17, 15) is 18.0 Å². The van der Waals surface area contributed by atoms with Crippen molar-refractivity contribution >= 4 is 17.7 Å². The van der Waals surface area contributed by atoms with Gasteiger partial charge >= 0.3 is 6.18 Å². The third-order valence-electron chi connectivity index (χ3n) is 2.85. The van der Waals surface area contributed by atoms with Crippen molar-refractivity contribution < 1.29 is 22.7 Å². The van der Waals surface area contributed by atoms with Gasteiger partial charge in [0, 0.05) is 25.6 Å². The molecule has 25 heavy (non-hydrogen) atoms. The van der Waals surface area contributed by atoms with Crippen LogP contribution in [0.1, 0.15) is 39.8 Å². The molecule has 0 aliphatic heterocycles. The number of guanidine groups is 1. The Balaban J connectivity index is 2.94. The highest BCUT2D eigenvalue weighted by Crippen LogP contribution is 2.28. The summed E-state index contributed by atoms with van der Waals surface area (Å²) in [7, 11) is 1.51. The molecule has 1 rings (SSSR count). The van der Waals surface area contributed by atoms with E-state index < -0.39 is 17.8 Å². The first-order valence-corrected chi connectivity index (χ1v) is 7.67. The smallest absolute Gasteiger partial charge is 0.383 e. The molecule has 1 heterocycles. The predicted octanol–water partition coefficient (Wildman–Crippen LogP) is 2.78. The molecule has 0 radical (unpaired) electrons. The number of aromatic nitrogens is 2. The average Bonchev–Trinajstić information content (AvgIpc) is 2.84. The lowest BCUT2D eigenvalue weighted by Gasteiger charge is -2.18. The molecule has 0 fully saturated rings. The summed E-state index contributed by atoms with van der Waals surface area (Å²) in [5.74, 6) is -0.496. The fourth-order valence-corrected chi connectivity index (χ4v) is 1.89. The lowest BCUT2D eigenvalue weighted by atomic mass is 9.92. The number of aliphatic imine (C=N–C) groups is 1. The Hall–Kier alpha value is -2.10. The van der Waals surface area contributed by atoms with Gasteiger partial charge in [0.05, 0.1) is 6.61 Å². The molecule has 1 unspecified atom stereocenters. The first-order valence-electron chi connectivity index (χ1n) is 7.67. The van der Waals surface area contributed by atoms with Gasteiger partial charge in [-0.25, -0.2) is 0 Å². The van der Waals surface area contributed by atoms with E-state index in [1.165, 1.54) is 7.11 Å². The summed E-state index contributed by atoms with van der Waals surface area (Å²) in [6.07, 6.45) is -4.35. The van der Waals surface area contributed by atoms with Gasteiger partial charge in [0.2, 0.25) is 11.9 Å². The molecule has 1 atom stereocenters. The molecule has 3 N–H and O–H groups in total. The number of aromatic amines is 1. The summed E-state index contributed by atoms with van der Waals surface area (Å²) < 4.78 is 42.9. The van der Waals surface area contributed by atoms with E-state index in [0.29, 0.717) is 6.61 Å². The highest BCUT2D eigenvalue weighted by molar-refractivity contribution is 6.00. The van der Waals surface area contributed by atoms with Crippen molar-refractivity contribution in [2.24, 2.45) is 10.4 Å². The molecule has 0 aromatic carbocycles. The maximum absolute atomic E-state index is 12.6. The average molecular weight is 363 g/mol. The number of anilines is 1. The number of halogens is 3. The number of ether oxygens (including phenoxy) is 1. The second kappa shape index (κ2) is 8.32. The van der Waals surface area contributed by atoms with Crippen LogP contribution in [0.15, 0.2) is 11.1 Å². The number of nitrogens with one attached hydrogen (secondary N) is 3. The number of hydrogen-bond donors (Lipinski definition) is 3. The molecule has 142 valence electrons. The fourth-order valence-electron chi connectivity index (χ4n) is 1.89. The second-order valence-corrected chi connectivity index (χ2v) is 6.88. The summed E-state index contributed by atoms with van der Waals surface area (Å²) in [5.41, 5.74) is -1.26. The van der Waals surface area contributed by atoms with Crippen molar-refractivity contribution in [3.8, 4) is 0 Å². The standard InChI is InChI=1S/C15H24F3N5O2/c1-9(8-25-5)19-13(21-12(24)7-14(2,3)4)20-11-6-10(22-23-11)15(16,17)18/h6,9H,7-8H2,1-5H3,(H3,19,20,21,22,23,24). The zero-order valence-corrected chi connectivity index (χ0v) is 14.9. The van der Waals surface area contributed by atoms with Crippen LogP contribution >= 0.6 is 0 Å². The van der Waals surface area contributed by atoms with E-state index in [-0.39, 0.29) is 29.7 Å². The third-order valence-corrected chi connectivity index (χ3v) is 2.85. The van der Waals surface area contributed by atoms with Crippen LogP contribution in [0.3, 0.4) is 0 Å². The van der Waals surface area contributed by atoms with E-state index in [4.69, 9.17) is 4.74 Å². The summed E-state index contributed by atoms with van der Waals surface area (Å²) in [4.78, 5) is 16.0.